The van der Waals surface area contributed by atoms with Gasteiger partial charge in [0.15, 0.2) is 5.96 Å². The highest BCUT2D eigenvalue weighted by molar-refractivity contribution is 14.0. The molecule has 0 saturated carbocycles. The fraction of sp³-hybridized carbons (Fsp3) is 0.562. The first kappa shape index (κ1) is 20.1. The lowest BCUT2D eigenvalue weighted by molar-refractivity contribution is 0.0180. The molecule has 1 heterocycles. The Balaban J connectivity index is 0.00000264. The van der Waals surface area contributed by atoms with Crippen molar-refractivity contribution in [2.24, 2.45) is 10.7 Å². The second kappa shape index (κ2) is 11.6. The number of methoxy groups -OCH3 is 1. The van der Waals surface area contributed by atoms with E-state index in [1.807, 2.05) is 6.07 Å². The number of morpholine rings is 1. The van der Waals surface area contributed by atoms with Gasteiger partial charge in [0.25, 0.3) is 0 Å². The Hall–Kier alpha value is -0.900. The maximum atomic E-state index is 5.91. The molecule has 1 aliphatic heterocycles. The predicted molar refractivity (Wildman–Crippen MR) is 103 cm³/mol. The van der Waals surface area contributed by atoms with Crippen LogP contribution < -0.4 is 11.1 Å². The molecule has 6 nitrogen and oxygen atoms in total. The van der Waals surface area contributed by atoms with E-state index in [1.165, 1.54) is 5.56 Å². The number of halogens is 1. The SMILES string of the molecule is COCCNC(N)=NCC(c1ccccc1)N1CCOCC1.I. The molecule has 0 radical (unpaired) electrons. The van der Waals surface area contributed by atoms with Crippen molar-refractivity contribution in [3.63, 3.8) is 0 Å². The maximum Gasteiger partial charge on any atom is 0.188 e. The Kier molecular flexibility index (Phi) is 10.2. The van der Waals surface area contributed by atoms with Crippen molar-refractivity contribution < 1.29 is 9.47 Å². The van der Waals surface area contributed by atoms with Gasteiger partial charge in [-0.3, -0.25) is 9.89 Å². The van der Waals surface area contributed by atoms with Gasteiger partial charge in [-0.15, -0.1) is 24.0 Å². The minimum absolute atomic E-state index is 0. The highest BCUT2D eigenvalue weighted by Gasteiger charge is 2.22. The van der Waals surface area contributed by atoms with Crippen LogP contribution in [0.2, 0.25) is 0 Å². The summed E-state index contributed by atoms with van der Waals surface area (Å²) in [5.41, 5.74) is 7.17. The van der Waals surface area contributed by atoms with Gasteiger partial charge in [0.2, 0.25) is 0 Å². The standard InChI is InChI=1S/C16H26N4O2.HI/c1-21-10-7-18-16(17)19-13-15(14-5-3-2-4-6-14)20-8-11-22-12-9-20;/h2-6,15H,7-13H2,1H3,(H3,17,18,19);1H. The van der Waals surface area contributed by atoms with Gasteiger partial charge in [-0.1, -0.05) is 30.3 Å². The van der Waals surface area contributed by atoms with Crippen LogP contribution in [0.4, 0.5) is 0 Å². The summed E-state index contributed by atoms with van der Waals surface area (Å²) in [5.74, 6) is 0.464. The lowest BCUT2D eigenvalue weighted by Gasteiger charge is -2.34. The zero-order valence-electron chi connectivity index (χ0n) is 13.6. The molecule has 1 fully saturated rings. The van der Waals surface area contributed by atoms with Crippen LogP contribution >= 0.6 is 24.0 Å². The number of nitrogens with zero attached hydrogens (tertiary/aromatic N) is 2. The van der Waals surface area contributed by atoms with E-state index in [2.05, 4.69) is 39.5 Å². The van der Waals surface area contributed by atoms with Crippen LogP contribution in [-0.4, -0.2) is 64.0 Å². The molecule has 130 valence electrons. The first-order valence-electron chi connectivity index (χ1n) is 7.70. The second-order valence-corrected chi connectivity index (χ2v) is 5.22. The van der Waals surface area contributed by atoms with E-state index >= 15 is 0 Å². The van der Waals surface area contributed by atoms with Crippen molar-refractivity contribution in [3.05, 3.63) is 35.9 Å². The zero-order valence-corrected chi connectivity index (χ0v) is 15.9. The summed E-state index contributed by atoms with van der Waals surface area (Å²) in [5, 5.41) is 3.05. The van der Waals surface area contributed by atoms with E-state index in [9.17, 15) is 0 Å². The van der Waals surface area contributed by atoms with Crippen molar-refractivity contribution in [3.8, 4) is 0 Å². The van der Waals surface area contributed by atoms with Crippen molar-refractivity contribution in [1.29, 1.82) is 0 Å². The highest BCUT2D eigenvalue weighted by atomic mass is 127. The number of nitrogens with one attached hydrogen (secondary N) is 1. The molecule has 1 aliphatic rings. The molecule has 1 aromatic rings. The fourth-order valence-electron chi connectivity index (χ4n) is 2.52. The average Bonchev–Trinajstić information content (AvgIpc) is 2.57. The summed E-state index contributed by atoms with van der Waals surface area (Å²) < 4.78 is 10.4. The van der Waals surface area contributed by atoms with Crippen molar-refractivity contribution in [1.82, 2.24) is 10.2 Å². The molecule has 2 rings (SSSR count). The van der Waals surface area contributed by atoms with E-state index in [0.717, 1.165) is 26.3 Å². The number of ether oxygens (including phenoxy) is 2. The lowest BCUT2D eigenvalue weighted by Crippen LogP contribution is -2.41. The molecule has 0 aliphatic carbocycles. The first-order valence-corrected chi connectivity index (χ1v) is 7.70. The second-order valence-electron chi connectivity index (χ2n) is 5.22. The van der Waals surface area contributed by atoms with E-state index in [-0.39, 0.29) is 30.0 Å². The zero-order chi connectivity index (χ0) is 15.6. The minimum atomic E-state index is 0. The third-order valence-electron chi connectivity index (χ3n) is 3.72. The van der Waals surface area contributed by atoms with E-state index in [1.54, 1.807) is 7.11 Å². The molecule has 3 N–H and O–H groups in total. The van der Waals surface area contributed by atoms with Crippen LogP contribution in [0.1, 0.15) is 11.6 Å². The number of hydrogen-bond donors (Lipinski definition) is 2. The van der Waals surface area contributed by atoms with Gasteiger partial charge < -0.3 is 20.5 Å². The molecule has 1 unspecified atom stereocenters. The number of hydrogen-bond acceptors (Lipinski definition) is 4. The molecule has 0 spiro atoms. The number of nitrogens with two attached hydrogens (primary N) is 1. The molecular weight excluding hydrogens is 407 g/mol. The van der Waals surface area contributed by atoms with Gasteiger partial charge in [-0.25, -0.2) is 0 Å². The smallest absolute Gasteiger partial charge is 0.188 e. The Labute approximate surface area is 155 Å². The molecule has 1 atom stereocenters. The van der Waals surface area contributed by atoms with Gasteiger partial charge in [0.05, 0.1) is 32.4 Å². The normalized spacial score (nSPS) is 17.3. The topological polar surface area (TPSA) is 72.1 Å². The first-order chi connectivity index (χ1) is 10.8. The predicted octanol–water partition coefficient (Wildman–Crippen LogP) is 1.23. The lowest BCUT2D eigenvalue weighted by atomic mass is 10.1. The third-order valence-corrected chi connectivity index (χ3v) is 3.72. The molecule has 1 aromatic carbocycles. The summed E-state index contributed by atoms with van der Waals surface area (Å²) in [6, 6.07) is 10.7. The van der Waals surface area contributed by atoms with Crippen LogP contribution in [0.3, 0.4) is 0 Å². The van der Waals surface area contributed by atoms with Gasteiger partial charge in [0, 0.05) is 26.7 Å². The summed E-state index contributed by atoms with van der Waals surface area (Å²) in [6.45, 7) is 5.30. The van der Waals surface area contributed by atoms with Crippen LogP contribution in [0, 0.1) is 0 Å². The van der Waals surface area contributed by atoms with Crippen LogP contribution in [0.5, 0.6) is 0 Å². The fourth-order valence-corrected chi connectivity index (χ4v) is 2.52. The van der Waals surface area contributed by atoms with Crippen LogP contribution in [-0.2, 0) is 9.47 Å². The van der Waals surface area contributed by atoms with Gasteiger partial charge in [0.1, 0.15) is 0 Å². The maximum absolute atomic E-state index is 5.91. The van der Waals surface area contributed by atoms with E-state index in [4.69, 9.17) is 15.2 Å². The van der Waals surface area contributed by atoms with E-state index < -0.39 is 0 Å². The van der Waals surface area contributed by atoms with E-state index in [0.29, 0.717) is 25.7 Å². The van der Waals surface area contributed by atoms with Crippen molar-refractivity contribution in [2.75, 3.05) is 53.1 Å². The van der Waals surface area contributed by atoms with Crippen LogP contribution in [0.15, 0.2) is 35.3 Å². The Morgan fingerprint density at radius 2 is 2.04 bits per heavy atom. The minimum Gasteiger partial charge on any atom is -0.383 e. The highest BCUT2D eigenvalue weighted by Crippen LogP contribution is 2.22. The van der Waals surface area contributed by atoms with Crippen molar-refractivity contribution >= 4 is 29.9 Å². The molecule has 0 bridgehead atoms. The van der Waals surface area contributed by atoms with Crippen LogP contribution in [0.25, 0.3) is 0 Å². The van der Waals surface area contributed by atoms with Gasteiger partial charge in [-0.05, 0) is 5.56 Å². The Morgan fingerprint density at radius 1 is 1.35 bits per heavy atom. The molecule has 0 aromatic heterocycles. The monoisotopic (exact) mass is 434 g/mol. The molecule has 0 amide bonds. The van der Waals surface area contributed by atoms with Crippen molar-refractivity contribution in [2.45, 2.75) is 6.04 Å². The third kappa shape index (κ3) is 7.03. The molecular formula is C16H27IN4O2. The summed E-state index contributed by atoms with van der Waals surface area (Å²) in [6.07, 6.45) is 0. The molecule has 7 heteroatoms. The number of rotatable bonds is 7. The number of guanidine groups is 1. The average molecular weight is 434 g/mol. The summed E-state index contributed by atoms with van der Waals surface area (Å²) in [7, 11) is 1.67. The Morgan fingerprint density at radius 3 is 2.70 bits per heavy atom. The largest absolute Gasteiger partial charge is 0.383 e. The quantitative estimate of drug-likeness (QED) is 0.293. The van der Waals surface area contributed by atoms with Gasteiger partial charge in [-0.2, -0.15) is 0 Å². The Bertz CT molecular complexity index is 453. The summed E-state index contributed by atoms with van der Waals surface area (Å²) >= 11 is 0. The number of aliphatic imine (C=N–C) groups is 1. The molecule has 1 saturated heterocycles. The van der Waals surface area contributed by atoms with Gasteiger partial charge >= 0.3 is 0 Å². The summed E-state index contributed by atoms with van der Waals surface area (Å²) in [4.78, 5) is 6.90. The number of benzene rings is 1. The molecule has 23 heavy (non-hydrogen) atoms.